The molecule has 8 nitrogen and oxygen atoms in total. The summed E-state index contributed by atoms with van der Waals surface area (Å²) in [5.41, 5.74) is 2.49. The monoisotopic (exact) mass is 700 g/mol. The van der Waals surface area contributed by atoms with Gasteiger partial charge >= 0.3 is 0 Å². The van der Waals surface area contributed by atoms with Crippen LogP contribution in [0.25, 0.3) is 0 Å². The molecular formula is C36H41BrN4O4Si. The fourth-order valence-electron chi connectivity index (χ4n) is 7.76. The Balaban J connectivity index is 1.37. The van der Waals surface area contributed by atoms with Gasteiger partial charge in [-0.05, 0) is 47.9 Å². The number of anilines is 1. The van der Waals surface area contributed by atoms with E-state index in [9.17, 15) is 9.90 Å². The summed E-state index contributed by atoms with van der Waals surface area (Å²) in [6.07, 6.45) is 4.13. The van der Waals surface area contributed by atoms with Crippen molar-refractivity contribution in [3.05, 3.63) is 113 Å². The molecule has 1 amide bonds. The Kier molecular flexibility index (Phi) is 9.08. The second kappa shape index (κ2) is 12.9. The van der Waals surface area contributed by atoms with Crippen LogP contribution in [0.15, 0.2) is 96.1 Å². The minimum Gasteiger partial charge on any atom is -0.497 e. The molecule has 4 aromatic rings. The van der Waals surface area contributed by atoms with Gasteiger partial charge in [-0.1, -0.05) is 94.9 Å². The number of aromatic nitrogens is 3. The SMILES string of the molecule is C=CCN1C(=O)[C@@]2(O[C@@H](CCn3cc(C(CO)c4ccccc4)nn3)[C@H]([Si](C)(C)c3ccc(OC)cc3)[C@H]2C)c2cc(Br)ccc21. The Hall–Kier alpha value is -3.57. The lowest BCUT2D eigenvalue weighted by Gasteiger charge is -2.37. The van der Waals surface area contributed by atoms with E-state index in [1.54, 1.807) is 13.2 Å². The van der Waals surface area contributed by atoms with E-state index in [-0.39, 0.29) is 36.0 Å². The number of carbonyl (C=O) groups excluding carboxylic acids is 1. The number of benzene rings is 3. The maximum absolute atomic E-state index is 14.5. The average molecular weight is 702 g/mol. The van der Waals surface area contributed by atoms with E-state index in [1.165, 1.54) is 5.19 Å². The predicted octanol–water partition coefficient (Wildman–Crippen LogP) is 6.01. The molecule has 5 atom stereocenters. The molecule has 0 radical (unpaired) electrons. The van der Waals surface area contributed by atoms with Crippen LogP contribution in [0.5, 0.6) is 5.75 Å². The van der Waals surface area contributed by atoms with Crippen LogP contribution >= 0.6 is 15.9 Å². The zero-order valence-electron chi connectivity index (χ0n) is 26.8. The standard InChI is InChI=1S/C36H41BrN4O4Si/c1-6-19-41-32-17-12-26(37)21-30(32)36(35(41)43)24(2)34(46(4,5)28-15-13-27(44-3)14-16-28)33(45-36)18-20-40-22-31(38-39-40)29(23-42)25-10-8-7-9-11-25/h6-17,21-22,24,29,33-34,42H,1,18-20,23H2,2-5H3/t24-,29?,33+,34-,36+/m1/s1. The summed E-state index contributed by atoms with van der Waals surface area (Å²) in [6.45, 7) is 11.8. The molecule has 0 aliphatic carbocycles. The molecule has 0 bridgehead atoms. The smallest absolute Gasteiger partial charge is 0.264 e. The first-order chi connectivity index (χ1) is 22.1. The first kappa shape index (κ1) is 32.4. The quantitative estimate of drug-likeness (QED) is 0.152. The number of aliphatic hydroxyl groups is 1. The number of methoxy groups -OCH3 is 1. The summed E-state index contributed by atoms with van der Waals surface area (Å²) in [4.78, 5) is 16.4. The fourth-order valence-corrected chi connectivity index (χ4v) is 12.2. The molecule has 1 spiro atoms. The normalized spacial score (nSPS) is 23.1. The molecule has 0 saturated carbocycles. The number of hydrogen-bond acceptors (Lipinski definition) is 6. The number of rotatable bonds is 11. The van der Waals surface area contributed by atoms with Crippen molar-refractivity contribution in [2.24, 2.45) is 5.92 Å². The Morgan fingerprint density at radius 3 is 2.57 bits per heavy atom. The molecule has 1 aromatic heterocycles. The second-order valence-corrected chi connectivity index (χ2v) is 18.5. The van der Waals surface area contributed by atoms with Gasteiger partial charge in [-0.2, -0.15) is 0 Å². The highest BCUT2D eigenvalue weighted by Crippen LogP contribution is 2.60. The van der Waals surface area contributed by atoms with Crippen molar-refractivity contribution < 1.29 is 19.4 Å². The Bertz CT molecular complexity index is 1710. The number of halogens is 1. The van der Waals surface area contributed by atoms with Gasteiger partial charge in [0.15, 0.2) is 5.60 Å². The molecule has 1 saturated heterocycles. The first-order valence-electron chi connectivity index (χ1n) is 15.8. The Morgan fingerprint density at radius 1 is 1.15 bits per heavy atom. The third kappa shape index (κ3) is 5.45. The van der Waals surface area contributed by atoms with Crippen LogP contribution in [0.2, 0.25) is 18.6 Å². The second-order valence-electron chi connectivity index (χ2n) is 12.9. The minimum atomic E-state index is -2.27. The summed E-state index contributed by atoms with van der Waals surface area (Å²) >= 11 is 3.67. The number of ether oxygens (including phenoxy) is 2. The van der Waals surface area contributed by atoms with Crippen molar-refractivity contribution in [2.75, 3.05) is 25.2 Å². The lowest BCUT2D eigenvalue weighted by molar-refractivity contribution is -0.145. The zero-order chi connectivity index (χ0) is 32.6. The molecular weight excluding hydrogens is 660 g/mol. The highest BCUT2D eigenvalue weighted by atomic mass is 79.9. The first-order valence-corrected chi connectivity index (χ1v) is 19.6. The lowest BCUT2D eigenvalue weighted by atomic mass is 9.82. The number of aryl methyl sites for hydroxylation is 1. The molecule has 6 rings (SSSR count). The molecule has 1 N–H and O–H groups in total. The number of hydrogen-bond donors (Lipinski definition) is 1. The third-order valence-corrected chi connectivity index (χ3v) is 14.9. The van der Waals surface area contributed by atoms with Gasteiger partial charge < -0.3 is 19.5 Å². The van der Waals surface area contributed by atoms with Crippen LogP contribution in [0.1, 0.15) is 36.1 Å². The number of nitrogens with zero attached hydrogens (tertiary/aromatic N) is 4. The number of aliphatic hydroxyl groups excluding tert-OH is 1. The molecule has 1 unspecified atom stereocenters. The van der Waals surface area contributed by atoms with Crippen LogP contribution in [-0.2, 0) is 21.7 Å². The van der Waals surface area contributed by atoms with Crippen LogP contribution in [0, 0.1) is 5.92 Å². The van der Waals surface area contributed by atoms with E-state index in [0.717, 1.165) is 32.7 Å². The van der Waals surface area contributed by atoms with E-state index in [4.69, 9.17) is 9.47 Å². The van der Waals surface area contributed by atoms with Crippen LogP contribution in [0.3, 0.4) is 0 Å². The lowest BCUT2D eigenvalue weighted by Crippen LogP contribution is -2.51. The van der Waals surface area contributed by atoms with Gasteiger partial charge in [-0.3, -0.25) is 9.48 Å². The van der Waals surface area contributed by atoms with E-state index >= 15 is 0 Å². The van der Waals surface area contributed by atoms with Gasteiger partial charge in [0, 0.05) is 35.2 Å². The molecule has 240 valence electrons. The van der Waals surface area contributed by atoms with Crippen molar-refractivity contribution in [1.29, 1.82) is 0 Å². The van der Waals surface area contributed by atoms with E-state index in [0.29, 0.717) is 19.5 Å². The van der Waals surface area contributed by atoms with Gasteiger partial charge in [-0.25, -0.2) is 0 Å². The summed E-state index contributed by atoms with van der Waals surface area (Å²) < 4.78 is 15.4. The van der Waals surface area contributed by atoms with Crippen molar-refractivity contribution >= 4 is 40.8 Å². The van der Waals surface area contributed by atoms with Crippen LogP contribution in [0.4, 0.5) is 5.69 Å². The summed E-state index contributed by atoms with van der Waals surface area (Å²) in [5.74, 6) is 0.439. The summed E-state index contributed by atoms with van der Waals surface area (Å²) in [6, 6.07) is 24.3. The topological polar surface area (TPSA) is 89.7 Å². The molecule has 3 aromatic carbocycles. The van der Waals surface area contributed by atoms with E-state index in [1.807, 2.05) is 70.4 Å². The number of fused-ring (bicyclic) bond motifs is 2. The largest absolute Gasteiger partial charge is 0.497 e. The third-order valence-electron chi connectivity index (χ3n) is 10.0. The highest BCUT2D eigenvalue weighted by molar-refractivity contribution is 9.10. The van der Waals surface area contributed by atoms with Crippen molar-refractivity contribution in [1.82, 2.24) is 15.0 Å². The van der Waals surface area contributed by atoms with Gasteiger partial charge in [0.25, 0.3) is 5.91 Å². The number of carbonyl (C=O) groups is 1. The molecule has 2 aliphatic heterocycles. The van der Waals surface area contributed by atoms with E-state index in [2.05, 4.69) is 71.0 Å². The highest BCUT2D eigenvalue weighted by Gasteiger charge is 2.66. The van der Waals surface area contributed by atoms with Gasteiger partial charge in [0.05, 0.1) is 45.2 Å². The summed E-state index contributed by atoms with van der Waals surface area (Å²) in [7, 11) is -0.590. The molecule has 46 heavy (non-hydrogen) atoms. The van der Waals surface area contributed by atoms with Gasteiger partial charge in [0.2, 0.25) is 0 Å². The van der Waals surface area contributed by atoms with Crippen molar-refractivity contribution in [3.63, 3.8) is 0 Å². The molecule has 3 heterocycles. The Labute approximate surface area is 280 Å². The summed E-state index contributed by atoms with van der Waals surface area (Å²) in [5, 5.41) is 20.4. The van der Waals surface area contributed by atoms with Gasteiger partial charge in [-0.15, -0.1) is 11.7 Å². The number of amides is 1. The van der Waals surface area contributed by atoms with Gasteiger partial charge in [0.1, 0.15) is 5.75 Å². The maximum atomic E-state index is 14.5. The molecule has 10 heteroatoms. The average Bonchev–Trinajstić information content (AvgIpc) is 3.71. The van der Waals surface area contributed by atoms with Crippen LogP contribution in [-0.4, -0.2) is 60.4 Å². The Morgan fingerprint density at radius 2 is 1.89 bits per heavy atom. The minimum absolute atomic E-state index is 0.0308. The van der Waals surface area contributed by atoms with Crippen molar-refractivity contribution in [2.45, 2.75) is 56.1 Å². The fraction of sp³-hybridized carbons (Fsp3) is 0.361. The predicted molar refractivity (Wildman–Crippen MR) is 186 cm³/mol. The zero-order valence-corrected chi connectivity index (χ0v) is 29.4. The molecule has 1 fully saturated rings. The molecule has 2 aliphatic rings. The van der Waals surface area contributed by atoms with Crippen molar-refractivity contribution in [3.8, 4) is 5.75 Å². The maximum Gasteiger partial charge on any atom is 0.264 e. The van der Waals surface area contributed by atoms with Crippen LogP contribution < -0.4 is 14.8 Å². The van der Waals surface area contributed by atoms with E-state index < -0.39 is 13.7 Å².